The summed E-state index contributed by atoms with van der Waals surface area (Å²) < 4.78 is 0. The first-order valence-electron chi connectivity index (χ1n) is 9.58. The number of hydrogen-bond acceptors (Lipinski definition) is 2. The highest BCUT2D eigenvalue weighted by atomic mass is 14.9. The first-order chi connectivity index (χ1) is 12.4. The molecule has 0 aliphatic heterocycles. The smallest absolute Gasteiger partial charge is 0.0726 e. The molecule has 1 heterocycles. The molecule has 3 aromatic rings. The predicted octanol–water partition coefficient (Wildman–Crippen LogP) is 5.33. The van der Waals surface area contributed by atoms with Crippen molar-refractivity contribution in [2.75, 3.05) is 11.9 Å². The average Bonchev–Trinajstić information content (AvgIpc) is 3.05. The molecule has 0 spiro atoms. The highest BCUT2D eigenvalue weighted by Gasteiger charge is 2.35. The van der Waals surface area contributed by atoms with Crippen molar-refractivity contribution in [3.8, 4) is 0 Å². The van der Waals surface area contributed by atoms with Crippen LogP contribution in [0.15, 0.2) is 54.6 Å². The van der Waals surface area contributed by atoms with Crippen LogP contribution in [-0.2, 0) is 12.8 Å². The number of para-hydroxylation sites is 1. The van der Waals surface area contributed by atoms with E-state index in [1.807, 2.05) is 0 Å². The van der Waals surface area contributed by atoms with Crippen molar-refractivity contribution in [2.24, 2.45) is 5.92 Å². The molecule has 2 nitrogen and oxygen atoms in total. The summed E-state index contributed by atoms with van der Waals surface area (Å²) in [5.74, 6) is 1.56. The molecule has 2 atom stereocenters. The van der Waals surface area contributed by atoms with E-state index in [9.17, 15) is 0 Å². The van der Waals surface area contributed by atoms with Gasteiger partial charge < -0.3 is 5.32 Å². The number of anilines is 1. The van der Waals surface area contributed by atoms with Gasteiger partial charge in [0.15, 0.2) is 0 Å². The molecule has 5 rings (SSSR count). The topological polar surface area (TPSA) is 24.9 Å². The maximum atomic E-state index is 5.08. The van der Waals surface area contributed by atoms with E-state index in [4.69, 9.17) is 4.98 Å². The molecule has 0 saturated heterocycles. The van der Waals surface area contributed by atoms with E-state index in [-0.39, 0.29) is 0 Å². The van der Waals surface area contributed by atoms with E-state index in [1.54, 1.807) is 0 Å². The van der Waals surface area contributed by atoms with Crippen LogP contribution < -0.4 is 5.32 Å². The number of pyridine rings is 1. The number of benzene rings is 2. The summed E-state index contributed by atoms with van der Waals surface area (Å²) in [6.07, 6.45) is 6.31. The van der Waals surface area contributed by atoms with Gasteiger partial charge in [-0.3, -0.25) is 4.98 Å². The minimum atomic E-state index is 0.688. The highest BCUT2D eigenvalue weighted by Crippen LogP contribution is 2.48. The number of aromatic nitrogens is 1. The Kier molecular flexibility index (Phi) is 3.70. The van der Waals surface area contributed by atoms with Crippen molar-refractivity contribution in [3.05, 3.63) is 71.4 Å². The molecule has 2 aromatic carbocycles. The van der Waals surface area contributed by atoms with Crippen LogP contribution in [0.2, 0.25) is 0 Å². The number of nitrogens with zero attached hydrogens (tertiary/aromatic N) is 1. The molecule has 0 amide bonds. The quantitative estimate of drug-likeness (QED) is 0.700. The molecule has 1 aromatic heterocycles. The van der Waals surface area contributed by atoms with Crippen molar-refractivity contribution in [1.82, 2.24) is 4.98 Å². The number of fused-ring (bicyclic) bond motifs is 5. The van der Waals surface area contributed by atoms with Crippen molar-refractivity contribution in [3.63, 3.8) is 0 Å². The zero-order valence-corrected chi connectivity index (χ0v) is 14.5. The molecular formula is C23H24N2. The fourth-order valence-electron chi connectivity index (χ4n) is 4.79. The summed E-state index contributed by atoms with van der Waals surface area (Å²) in [6.45, 7) is 0.972. The Labute approximate surface area is 149 Å². The summed E-state index contributed by atoms with van der Waals surface area (Å²) in [5, 5.41) is 5.08. The fourth-order valence-corrected chi connectivity index (χ4v) is 4.79. The van der Waals surface area contributed by atoms with Crippen LogP contribution in [0.4, 0.5) is 5.69 Å². The number of hydrogen-bond donors (Lipinski definition) is 1. The van der Waals surface area contributed by atoms with Crippen molar-refractivity contribution < 1.29 is 0 Å². The normalized spacial score (nSPS) is 21.3. The Hall–Kier alpha value is -2.35. The standard InChI is InChI=1S/C23H24N2/c1-2-6-16(7-3-1)12-13-24-23-19-8-4-5-9-21(19)25-22-18-11-10-17(14-18)15-20(22)23/h1-9,17-18H,10-15H2,(H,24,25). The summed E-state index contributed by atoms with van der Waals surface area (Å²) in [6, 6.07) is 19.4. The van der Waals surface area contributed by atoms with E-state index in [2.05, 4.69) is 59.9 Å². The average molecular weight is 328 g/mol. The second kappa shape index (κ2) is 6.18. The van der Waals surface area contributed by atoms with Gasteiger partial charge in [-0.15, -0.1) is 0 Å². The Balaban J connectivity index is 1.51. The Bertz CT molecular complexity index is 901. The number of rotatable bonds is 4. The van der Waals surface area contributed by atoms with Crippen LogP contribution in [0.5, 0.6) is 0 Å². The van der Waals surface area contributed by atoms with Crippen LogP contribution in [-0.4, -0.2) is 11.5 Å². The van der Waals surface area contributed by atoms with Gasteiger partial charge in [0.2, 0.25) is 0 Å². The molecule has 126 valence electrons. The summed E-state index contributed by atoms with van der Waals surface area (Å²) in [7, 11) is 0. The van der Waals surface area contributed by atoms with E-state index < -0.39 is 0 Å². The molecule has 1 N–H and O–H groups in total. The van der Waals surface area contributed by atoms with Gasteiger partial charge in [0.1, 0.15) is 0 Å². The molecule has 0 radical (unpaired) electrons. The molecule has 2 bridgehead atoms. The summed E-state index contributed by atoms with van der Waals surface area (Å²) in [5.41, 5.74) is 6.78. The second-order valence-electron chi connectivity index (χ2n) is 7.61. The zero-order valence-electron chi connectivity index (χ0n) is 14.5. The lowest BCUT2D eigenvalue weighted by atomic mass is 9.84. The van der Waals surface area contributed by atoms with Gasteiger partial charge in [0.25, 0.3) is 0 Å². The van der Waals surface area contributed by atoms with Crippen LogP contribution in [0.25, 0.3) is 10.9 Å². The molecule has 2 unspecified atom stereocenters. The van der Waals surface area contributed by atoms with E-state index in [0.29, 0.717) is 5.92 Å². The maximum Gasteiger partial charge on any atom is 0.0726 e. The third-order valence-electron chi connectivity index (χ3n) is 6.00. The zero-order chi connectivity index (χ0) is 16.6. The van der Waals surface area contributed by atoms with Crippen LogP contribution in [0.3, 0.4) is 0 Å². The van der Waals surface area contributed by atoms with Crippen molar-refractivity contribution >= 4 is 16.6 Å². The first kappa shape index (κ1) is 14.9. The minimum Gasteiger partial charge on any atom is -0.384 e. The van der Waals surface area contributed by atoms with E-state index in [1.165, 1.54) is 53.6 Å². The summed E-state index contributed by atoms with van der Waals surface area (Å²) >= 11 is 0. The minimum absolute atomic E-state index is 0.688. The molecule has 2 aliphatic carbocycles. The predicted molar refractivity (Wildman–Crippen MR) is 104 cm³/mol. The Morgan fingerprint density at radius 3 is 2.72 bits per heavy atom. The fraction of sp³-hybridized carbons (Fsp3) is 0.348. The van der Waals surface area contributed by atoms with Crippen LogP contribution >= 0.6 is 0 Å². The third-order valence-corrected chi connectivity index (χ3v) is 6.00. The van der Waals surface area contributed by atoms with E-state index in [0.717, 1.165) is 24.4 Å². The van der Waals surface area contributed by atoms with Gasteiger partial charge in [-0.1, -0.05) is 48.5 Å². The Morgan fingerprint density at radius 2 is 1.80 bits per heavy atom. The van der Waals surface area contributed by atoms with Gasteiger partial charge in [-0.05, 0) is 55.2 Å². The molecule has 1 fully saturated rings. The third kappa shape index (κ3) is 2.70. The molecule has 1 saturated carbocycles. The monoisotopic (exact) mass is 328 g/mol. The van der Waals surface area contributed by atoms with Gasteiger partial charge in [-0.25, -0.2) is 0 Å². The van der Waals surface area contributed by atoms with Gasteiger partial charge in [0.05, 0.1) is 5.52 Å². The lowest BCUT2D eigenvalue weighted by molar-refractivity contribution is 0.505. The largest absolute Gasteiger partial charge is 0.384 e. The molecular weight excluding hydrogens is 304 g/mol. The lowest BCUT2D eigenvalue weighted by Crippen LogP contribution is -2.17. The van der Waals surface area contributed by atoms with Gasteiger partial charge in [0, 0.05) is 29.2 Å². The molecule has 2 heteroatoms. The molecule has 2 aliphatic rings. The highest BCUT2D eigenvalue weighted by molar-refractivity contribution is 5.93. The van der Waals surface area contributed by atoms with Gasteiger partial charge in [-0.2, -0.15) is 0 Å². The first-order valence-corrected chi connectivity index (χ1v) is 9.58. The van der Waals surface area contributed by atoms with Gasteiger partial charge >= 0.3 is 0 Å². The van der Waals surface area contributed by atoms with Crippen LogP contribution in [0.1, 0.15) is 42.0 Å². The second-order valence-corrected chi connectivity index (χ2v) is 7.61. The molecule has 25 heavy (non-hydrogen) atoms. The van der Waals surface area contributed by atoms with E-state index >= 15 is 0 Å². The SMILES string of the molecule is c1ccc(CCNc2c3c(nc4ccccc24)C2CCC(C3)C2)cc1. The van der Waals surface area contributed by atoms with Crippen LogP contribution in [0, 0.1) is 5.92 Å². The Morgan fingerprint density at radius 1 is 0.960 bits per heavy atom. The van der Waals surface area contributed by atoms with Crippen molar-refractivity contribution in [2.45, 2.75) is 38.0 Å². The summed E-state index contributed by atoms with van der Waals surface area (Å²) in [4.78, 5) is 5.08. The number of nitrogens with one attached hydrogen (secondary N) is 1. The van der Waals surface area contributed by atoms with Crippen molar-refractivity contribution in [1.29, 1.82) is 0 Å². The maximum absolute atomic E-state index is 5.08. The lowest BCUT2D eigenvalue weighted by Gasteiger charge is -2.26.